The first-order valence-electron chi connectivity index (χ1n) is 9.37. The van der Waals surface area contributed by atoms with Gasteiger partial charge in [-0.25, -0.2) is 0 Å². The van der Waals surface area contributed by atoms with Crippen molar-refractivity contribution in [1.82, 2.24) is 0 Å². The van der Waals surface area contributed by atoms with Gasteiger partial charge in [0.15, 0.2) is 0 Å². The third kappa shape index (κ3) is 3.35. The SMILES string of the molecule is CCCCC1C(CC)c2ccccc2C(CC)C1CCC. The van der Waals surface area contributed by atoms with Crippen molar-refractivity contribution in [3.05, 3.63) is 35.4 Å². The quantitative estimate of drug-likeness (QED) is 0.511. The third-order valence-electron chi connectivity index (χ3n) is 5.77. The molecule has 0 heterocycles. The van der Waals surface area contributed by atoms with E-state index in [0.29, 0.717) is 0 Å². The van der Waals surface area contributed by atoms with E-state index in [9.17, 15) is 0 Å². The van der Waals surface area contributed by atoms with Crippen molar-refractivity contribution in [3.8, 4) is 0 Å². The zero-order chi connectivity index (χ0) is 15.2. The summed E-state index contributed by atoms with van der Waals surface area (Å²) in [6.45, 7) is 9.50. The smallest absolute Gasteiger partial charge is 0.0131 e. The van der Waals surface area contributed by atoms with Crippen molar-refractivity contribution in [2.45, 2.75) is 84.5 Å². The topological polar surface area (TPSA) is 0 Å². The molecule has 2 rings (SSSR count). The first kappa shape index (κ1) is 16.6. The fraction of sp³-hybridized carbons (Fsp3) is 0.714. The van der Waals surface area contributed by atoms with Crippen molar-refractivity contribution in [2.24, 2.45) is 11.8 Å². The molecule has 4 atom stereocenters. The maximum atomic E-state index is 2.42. The van der Waals surface area contributed by atoms with Crippen molar-refractivity contribution in [2.75, 3.05) is 0 Å². The van der Waals surface area contributed by atoms with Crippen LogP contribution in [-0.4, -0.2) is 0 Å². The Hall–Kier alpha value is -0.780. The first-order chi connectivity index (χ1) is 10.3. The molecule has 0 radical (unpaired) electrons. The molecular formula is C21H34. The van der Waals surface area contributed by atoms with Gasteiger partial charge in [0.25, 0.3) is 0 Å². The van der Waals surface area contributed by atoms with E-state index in [0.717, 1.165) is 23.7 Å². The van der Waals surface area contributed by atoms with Crippen LogP contribution in [0.4, 0.5) is 0 Å². The molecule has 1 aliphatic rings. The van der Waals surface area contributed by atoms with E-state index >= 15 is 0 Å². The lowest BCUT2D eigenvalue weighted by atomic mass is 9.60. The van der Waals surface area contributed by atoms with Crippen molar-refractivity contribution < 1.29 is 0 Å². The lowest BCUT2D eigenvalue weighted by Crippen LogP contribution is -2.33. The van der Waals surface area contributed by atoms with Crippen LogP contribution in [-0.2, 0) is 0 Å². The molecule has 0 bridgehead atoms. The second-order valence-electron chi connectivity index (χ2n) is 6.92. The number of unbranched alkanes of at least 4 members (excludes halogenated alkanes) is 1. The Morgan fingerprint density at radius 3 is 1.67 bits per heavy atom. The minimum Gasteiger partial charge on any atom is -0.0654 e. The molecule has 0 spiro atoms. The van der Waals surface area contributed by atoms with Gasteiger partial charge >= 0.3 is 0 Å². The van der Waals surface area contributed by atoms with E-state index in [4.69, 9.17) is 0 Å². The molecule has 0 saturated carbocycles. The Morgan fingerprint density at radius 2 is 1.24 bits per heavy atom. The Balaban J connectivity index is 2.41. The maximum Gasteiger partial charge on any atom is -0.0131 e. The van der Waals surface area contributed by atoms with Gasteiger partial charge in [-0.2, -0.15) is 0 Å². The highest BCUT2D eigenvalue weighted by molar-refractivity contribution is 5.37. The second kappa shape index (κ2) is 8.01. The molecule has 0 fully saturated rings. The van der Waals surface area contributed by atoms with Crippen LogP contribution in [0.15, 0.2) is 24.3 Å². The molecule has 0 amide bonds. The largest absolute Gasteiger partial charge is 0.0654 e. The van der Waals surface area contributed by atoms with Gasteiger partial charge in [0.1, 0.15) is 0 Å². The minimum atomic E-state index is 0.797. The fourth-order valence-electron chi connectivity index (χ4n) is 4.89. The molecule has 0 N–H and O–H groups in total. The van der Waals surface area contributed by atoms with E-state index in [1.165, 1.54) is 44.9 Å². The number of benzene rings is 1. The van der Waals surface area contributed by atoms with Gasteiger partial charge in [-0.05, 0) is 60.5 Å². The number of rotatable bonds is 7. The predicted octanol–water partition coefficient (Wildman–Crippen LogP) is 6.91. The molecule has 1 aromatic rings. The number of hydrogen-bond donors (Lipinski definition) is 0. The second-order valence-corrected chi connectivity index (χ2v) is 6.92. The molecule has 118 valence electrons. The van der Waals surface area contributed by atoms with Gasteiger partial charge in [-0.15, -0.1) is 0 Å². The average molecular weight is 287 g/mol. The summed E-state index contributed by atoms with van der Waals surface area (Å²) in [5, 5.41) is 0. The predicted molar refractivity (Wildman–Crippen MR) is 93.9 cm³/mol. The highest BCUT2D eigenvalue weighted by Gasteiger charge is 2.39. The van der Waals surface area contributed by atoms with Gasteiger partial charge in [0.2, 0.25) is 0 Å². The Labute approximate surface area is 132 Å². The van der Waals surface area contributed by atoms with Gasteiger partial charge < -0.3 is 0 Å². The summed E-state index contributed by atoms with van der Waals surface area (Å²) in [4.78, 5) is 0. The van der Waals surface area contributed by atoms with E-state index in [1.807, 2.05) is 0 Å². The van der Waals surface area contributed by atoms with Crippen molar-refractivity contribution in [3.63, 3.8) is 0 Å². The lowest BCUT2D eigenvalue weighted by Gasteiger charge is -2.45. The third-order valence-corrected chi connectivity index (χ3v) is 5.77. The van der Waals surface area contributed by atoms with E-state index in [1.54, 1.807) is 11.1 Å². The maximum absolute atomic E-state index is 2.42. The van der Waals surface area contributed by atoms with Crippen molar-refractivity contribution >= 4 is 0 Å². The molecule has 1 aromatic carbocycles. The fourth-order valence-corrected chi connectivity index (χ4v) is 4.89. The molecule has 0 nitrogen and oxygen atoms in total. The van der Waals surface area contributed by atoms with Gasteiger partial charge in [-0.3, -0.25) is 0 Å². The van der Waals surface area contributed by atoms with Crippen LogP contribution in [0.25, 0.3) is 0 Å². The molecule has 1 aliphatic carbocycles. The van der Waals surface area contributed by atoms with Crippen LogP contribution >= 0.6 is 0 Å². The van der Waals surface area contributed by atoms with E-state index in [2.05, 4.69) is 52.0 Å². The zero-order valence-electron chi connectivity index (χ0n) is 14.6. The highest BCUT2D eigenvalue weighted by atomic mass is 14.4. The molecule has 0 saturated heterocycles. The van der Waals surface area contributed by atoms with Crippen LogP contribution in [0.1, 0.15) is 95.6 Å². The summed E-state index contributed by atoms with van der Waals surface area (Å²) < 4.78 is 0. The standard InChI is InChI=1S/C21H34/c1-5-9-13-19-17(8-4)21-15-11-10-14-20(21)16(7-3)18(19)12-6-2/h10-11,14-19H,5-9,12-13H2,1-4H3. The molecule has 21 heavy (non-hydrogen) atoms. The Kier molecular flexibility index (Phi) is 6.33. The van der Waals surface area contributed by atoms with Gasteiger partial charge in [0.05, 0.1) is 0 Å². The molecule has 0 aliphatic heterocycles. The normalized spacial score (nSPS) is 28.4. The van der Waals surface area contributed by atoms with Crippen molar-refractivity contribution in [1.29, 1.82) is 0 Å². The van der Waals surface area contributed by atoms with E-state index < -0.39 is 0 Å². The summed E-state index contributed by atoms with van der Waals surface area (Å²) >= 11 is 0. The monoisotopic (exact) mass is 286 g/mol. The number of hydrogen-bond acceptors (Lipinski definition) is 0. The van der Waals surface area contributed by atoms with Crippen LogP contribution in [0.5, 0.6) is 0 Å². The number of fused-ring (bicyclic) bond motifs is 1. The summed E-state index contributed by atoms with van der Waals surface area (Å²) in [5.41, 5.74) is 3.36. The summed E-state index contributed by atoms with van der Waals surface area (Å²) in [5.74, 6) is 3.42. The van der Waals surface area contributed by atoms with Crippen LogP contribution in [0.3, 0.4) is 0 Å². The summed E-state index contributed by atoms with van der Waals surface area (Å²) in [6.07, 6.45) is 9.54. The lowest BCUT2D eigenvalue weighted by molar-refractivity contribution is 0.179. The average Bonchev–Trinajstić information content (AvgIpc) is 2.52. The zero-order valence-corrected chi connectivity index (χ0v) is 14.6. The minimum absolute atomic E-state index is 0.797. The molecule has 0 heteroatoms. The summed E-state index contributed by atoms with van der Waals surface area (Å²) in [7, 11) is 0. The van der Waals surface area contributed by atoms with Gasteiger partial charge in [0, 0.05) is 0 Å². The Bertz CT molecular complexity index is 420. The van der Waals surface area contributed by atoms with Crippen LogP contribution in [0.2, 0.25) is 0 Å². The highest BCUT2D eigenvalue weighted by Crippen LogP contribution is 2.52. The van der Waals surface area contributed by atoms with E-state index in [-0.39, 0.29) is 0 Å². The first-order valence-corrected chi connectivity index (χ1v) is 9.37. The van der Waals surface area contributed by atoms with Crippen LogP contribution in [0, 0.1) is 11.8 Å². The summed E-state index contributed by atoms with van der Waals surface area (Å²) in [6, 6.07) is 9.35. The molecular weight excluding hydrogens is 252 g/mol. The molecule has 0 aromatic heterocycles. The van der Waals surface area contributed by atoms with Crippen LogP contribution < -0.4 is 0 Å². The molecule has 4 unspecified atom stereocenters. The van der Waals surface area contributed by atoms with Gasteiger partial charge in [-0.1, -0.05) is 71.2 Å². The Morgan fingerprint density at radius 1 is 0.714 bits per heavy atom.